The van der Waals surface area contributed by atoms with E-state index >= 15 is 0 Å². The summed E-state index contributed by atoms with van der Waals surface area (Å²) < 4.78 is 7.64. The van der Waals surface area contributed by atoms with E-state index in [9.17, 15) is 0 Å². The molecule has 0 spiro atoms. The van der Waals surface area contributed by atoms with Crippen molar-refractivity contribution in [2.45, 2.75) is 51.7 Å². The van der Waals surface area contributed by atoms with Crippen molar-refractivity contribution in [1.29, 1.82) is 0 Å². The fourth-order valence-electron chi connectivity index (χ4n) is 1.51. The molecule has 1 atom stereocenters. The molecule has 0 radical (unpaired) electrons. The Kier molecular flexibility index (Phi) is 5.44. The zero-order chi connectivity index (χ0) is 14.0. The highest BCUT2D eigenvalue weighted by Gasteiger charge is 2.37. The van der Waals surface area contributed by atoms with Crippen LogP contribution in [0, 0.1) is 3.57 Å². The molecule has 1 nitrogen and oxygen atoms in total. The molecule has 0 aliphatic rings. The summed E-state index contributed by atoms with van der Waals surface area (Å²) in [6.45, 7) is 14.6. The highest BCUT2D eigenvalue weighted by Crippen LogP contribution is 2.37. The largest absolute Gasteiger partial charge is 0.416 e. The lowest BCUT2D eigenvalue weighted by atomic mass is 10.0. The minimum absolute atomic E-state index is 0.288. The smallest absolute Gasteiger partial charge is 0.192 e. The highest BCUT2D eigenvalue weighted by molar-refractivity contribution is 14.1. The maximum atomic E-state index is 6.30. The van der Waals surface area contributed by atoms with Gasteiger partial charge in [0.2, 0.25) is 0 Å². The van der Waals surface area contributed by atoms with Gasteiger partial charge in [0.15, 0.2) is 8.32 Å². The maximum Gasteiger partial charge on any atom is 0.192 e. The van der Waals surface area contributed by atoms with Crippen molar-refractivity contribution in [3.63, 3.8) is 0 Å². The summed E-state index contributed by atoms with van der Waals surface area (Å²) in [5.74, 6) is 0.465. The molecule has 18 heavy (non-hydrogen) atoms. The first-order valence-corrected chi connectivity index (χ1v) is 10.5. The van der Waals surface area contributed by atoms with Crippen molar-refractivity contribution in [3.05, 3.63) is 33.4 Å². The predicted octanol–water partition coefficient (Wildman–Crippen LogP) is 5.42. The Balaban J connectivity index is 2.68. The Hall–Kier alpha value is 0.127. The molecule has 0 saturated carbocycles. The van der Waals surface area contributed by atoms with Crippen molar-refractivity contribution in [2.24, 2.45) is 0 Å². The molecular formula is C15H25IOSi. The van der Waals surface area contributed by atoms with E-state index in [2.05, 4.69) is 87.6 Å². The average Bonchev–Trinajstić information content (AvgIpc) is 2.25. The molecule has 0 N–H and O–H groups in total. The summed E-state index contributed by atoms with van der Waals surface area (Å²) in [5.41, 5.74) is 1.40. The van der Waals surface area contributed by atoms with Gasteiger partial charge in [0.1, 0.15) is 0 Å². The molecule has 0 bridgehead atoms. The SMILES string of the molecule is CC(CO[Si](C)(C)C(C)(C)C)c1ccccc1I. The van der Waals surface area contributed by atoms with Gasteiger partial charge in [-0.25, -0.2) is 0 Å². The molecule has 0 aromatic heterocycles. The molecule has 3 heteroatoms. The fourth-order valence-corrected chi connectivity index (χ4v) is 3.53. The molecule has 102 valence electrons. The summed E-state index contributed by atoms with van der Waals surface area (Å²) >= 11 is 2.41. The van der Waals surface area contributed by atoms with Gasteiger partial charge >= 0.3 is 0 Å². The number of rotatable bonds is 4. The lowest BCUT2D eigenvalue weighted by molar-refractivity contribution is 0.269. The number of halogens is 1. The average molecular weight is 376 g/mol. The fraction of sp³-hybridized carbons (Fsp3) is 0.600. The van der Waals surface area contributed by atoms with Crippen LogP contribution in [0.1, 0.15) is 39.2 Å². The van der Waals surface area contributed by atoms with Crippen LogP contribution in [0.25, 0.3) is 0 Å². The van der Waals surface area contributed by atoms with E-state index in [1.165, 1.54) is 9.13 Å². The Morgan fingerprint density at radius 1 is 1.22 bits per heavy atom. The Morgan fingerprint density at radius 2 is 1.78 bits per heavy atom. The van der Waals surface area contributed by atoms with Gasteiger partial charge in [-0.3, -0.25) is 0 Å². The van der Waals surface area contributed by atoms with E-state index in [-0.39, 0.29) is 5.04 Å². The molecular weight excluding hydrogens is 351 g/mol. The molecule has 0 fully saturated rings. The van der Waals surface area contributed by atoms with E-state index in [1.54, 1.807) is 0 Å². The van der Waals surface area contributed by atoms with Gasteiger partial charge in [0.05, 0.1) is 0 Å². The summed E-state index contributed by atoms with van der Waals surface area (Å²) in [6, 6.07) is 8.58. The van der Waals surface area contributed by atoms with E-state index < -0.39 is 8.32 Å². The monoisotopic (exact) mass is 376 g/mol. The second-order valence-corrected chi connectivity index (χ2v) is 12.5. The van der Waals surface area contributed by atoms with E-state index in [0.717, 1.165) is 6.61 Å². The second-order valence-electron chi connectivity index (χ2n) is 6.49. The predicted molar refractivity (Wildman–Crippen MR) is 90.7 cm³/mol. The maximum absolute atomic E-state index is 6.30. The minimum atomic E-state index is -1.62. The molecule has 1 aromatic carbocycles. The first kappa shape index (κ1) is 16.2. The van der Waals surface area contributed by atoms with Crippen LogP contribution in [-0.2, 0) is 4.43 Å². The van der Waals surface area contributed by atoms with E-state index in [0.29, 0.717) is 5.92 Å². The first-order chi connectivity index (χ1) is 8.15. The van der Waals surface area contributed by atoms with Gasteiger partial charge in [-0.15, -0.1) is 0 Å². The van der Waals surface area contributed by atoms with Gasteiger partial charge in [-0.05, 0) is 52.4 Å². The van der Waals surface area contributed by atoms with Crippen LogP contribution in [-0.4, -0.2) is 14.9 Å². The summed E-state index contributed by atoms with van der Waals surface area (Å²) in [5, 5.41) is 0.288. The third-order valence-corrected chi connectivity index (χ3v) is 9.42. The molecule has 0 aliphatic carbocycles. The van der Waals surface area contributed by atoms with Crippen LogP contribution in [0.2, 0.25) is 18.1 Å². The van der Waals surface area contributed by atoms with Gasteiger partial charge in [0, 0.05) is 16.1 Å². The van der Waals surface area contributed by atoms with Crippen molar-refractivity contribution in [2.75, 3.05) is 6.61 Å². The van der Waals surface area contributed by atoms with Gasteiger partial charge in [0.25, 0.3) is 0 Å². The molecule has 0 heterocycles. The van der Waals surface area contributed by atoms with Gasteiger partial charge < -0.3 is 4.43 Å². The van der Waals surface area contributed by atoms with Gasteiger partial charge in [-0.2, -0.15) is 0 Å². The summed E-state index contributed by atoms with van der Waals surface area (Å²) in [6.07, 6.45) is 0. The molecule has 1 aromatic rings. The minimum Gasteiger partial charge on any atom is -0.416 e. The molecule has 1 unspecified atom stereocenters. The number of hydrogen-bond acceptors (Lipinski definition) is 1. The van der Waals surface area contributed by atoms with Crippen molar-refractivity contribution in [3.8, 4) is 0 Å². The van der Waals surface area contributed by atoms with E-state index in [1.807, 2.05) is 0 Å². The Morgan fingerprint density at radius 3 is 2.28 bits per heavy atom. The van der Waals surface area contributed by atoms with Crippen molar-refractivity contribution >= 4 is 30.9 Å². The van der Waals surface area contributed by atoms with Crippen molar-refractivity contribution < 1.29 is 4.43 Å². The lowest BCUT2D eigenvalue weighted by Gasteiger charge is -2.37. The second kappa shape index (κ2) is 6.05. The van der Waals surface area contributed by atoms with Crippen molar-refractivity contribution in [1.82, 2.24) is 0 Å². The lowest BCUT2D eigenvalue weighted by Crippen LogP contribution is -2.41. The highest BCUT2D eigenvalue weighted by atomic mass is 127. The number of benzene rings is 1. The first-order valence-electron chi connectivity index (χ1n) is 6.53. The standard InChI is InChI=1S/C15H25IOSi/c1-12(13-9-7-8-10-14(13)16)11-17-18(5,6)15(2,3)4/h7-10,12H,11H2,1-6H3. The Labute approximate surface area is 127 Å². The summed E-state index contributed by atoms with van der Waals surface area (Å²) in [4.78, 5) is 0. The summed E-state index contributed by atoms with van der Waals surface area (Å²) in [7, 11) is -1.62. The zero-order valence-corrected chi connectivity index (χ0v) is 15.5. The third kappa shape index (κ3) is 4.07. The third-order valence-electron chi connectivity index (χ3n) is 3.94. The van der Waals surface area contributed by atoms with Crippen LogP contribution >= 0.6 is 22.6 Å². The van der Waals surface area contributed by atoms with Crippen LogP contribution in [0.15, 0.2) is 24.3 Å². The quantitative estimate of drug-likeness (QED) is 0.504. The molecule has 0 saturated heterocycles. The molecule has 0 aliphatic heterocycles. The van der Waals surface area contributed by atoms with E-state index in [4.69, 9.17) is 4.43 Å². The Bertz CT molecular complexity index is 396. The van der Waals surface area contributed by atoms with Crippen LogP contribution < -0.4 is 0 Å². The zero-order valence-electron chi connectivity index (χ0n) is 12.4. The van der Waals surface area contributed by atoms with Crippen LogP contribution in [0.4, 0.5) is 0 Å². The molecule has 0 amide bonds. The van der Waals surface area contributed by atoms with Gasteiger partial charge in [-0.1, -0.05) is 45.9 Å². The number of hydrogen-bond donors (Lipinski definition) is 0. The van der Waals surface area contributed by atoms with Crippen LogP contribution in [0.5, 0.6) is 0 Å². The normalized spacial score (nSPS) is 14.6. The van der Waals surface area contributed by atoms with Crippen LogP contribution in [0.3, 0.4) is 0 Å². The molecule has 1 rings (SSSR count). The topological polar surface area (TPSA) is 9.23 Å².